The maximum Gasteiger partial charge on any atom is 0.304 e. The van der Waals surface area contributed by atoms with Crippen LogP contribution in [0.3, 0.4) is 0 Å². The number of nitrogens with zero attached hydrogens (tertiary/aromatic N) is 6. The third-order valence-electron chi connectivity index (χ3n) is 4.49. The van der Waals surface area contributed by atoms with E-state index in [0.29, 0.717) is 0 Å². The fourth-order valence-electron chi connectivity index (χ4n) is 2.67. The Morgan fingerprint density at radius 1 is 0.786 bits per heavy atom. The van der Waals surface area contributed by atoms with E-state index in [1.807, 2.05) is 69.3 Å². The van der Waals surface area contributed by atoms with Gasteiger partial charge in [-0.15, -0.1) is 9.35 Å². The molecule has 0 saturated carbocycles. The highest BCUT2D eigenvalue weighted by atomic mass is 15.5. The maximum absolute atomic E-state index is 4.54. The van der Waals surface area contributed by atoms with Gasteiger partial charge in [0.15, 0.2) is 12.4 Å². The van der Waals surface area contributed by atoms with Crippen LogP contribution in [0.2, 0.25) is 0 Å². The Morgan fingerprint density at radius 3 is 1.79 bits per heavy atom. The molecule has 28 heavy (non-hydrogen) atoms. The standard InChI is InChI=1S/C22H27N6/c1-18-27(23-16-19-6-10-21(11-7-19)25(2)3)14-15-28(18)24-17-20-8-12-22(13-9-20)26(4)5/h6-17H,1-5H3/q+1. The van der Waals surface area contributed by atoms with E-state index in [-0.39, 0.29) is 0 Å². The van der Waals surface area contributed by atoms with Gasteiger partial charge in [0.1, 0.15) is 0 Å². The van der Waals surface area contributed by atoms with Crippen LogP contribution in [0.15, 0.2) is 71.1 Å². The van der Waals surface area contributed by atoms with Gasteiger partial charge in [0, 0.05) is 46.5 Å². The van der Waals surface area contributed by atoms with E-state index in [1.54, 1.807) is 0 Å². The zero-order valence-electron chi connectivity index (χ0n) is 17.1. The smallest absolute Gasteiger partial charge is 0.304 e. The molecule has 0 unspecified atom stereocenters. The highest BCUT2D eigenvalue weighted by Gasteiger charge is 2.10. The summed E-state index contributed by atoms with van der Waals surface area (Å²) >= 11 is 0. The molecule has 6 heteroatoms. The molecule has 144 valence electrons. The lowest BCUT2D eigenvalue weighted by Gasteiger charge is -2.11. The molecule has 2 aromatic carbocycles. The van der Waals surface area contributed by atoms with Crippen LogP contribution in [-0.2, 0) is 0 Å². The molecule has 0 spiro atoms. The van der Waals surface area contributed by atoms with Gasteiger partial charge < -0.3 is 9.80 Å². The quantitative estimate of drug-likeness (QED) is 0.491. The fourth-order valence-corrected chi connectivity index (χ4v) is 2.67. The summed E-state index contributed by atoms with van der Waals surface area (Å²) in [6.45, 7) is 1.99. The second-order valence-electron chi connectivity index (χ2n) is 7.00. The van der Waals surface area contributed by atoms with Crippen molar-refractivity contribution < 1.29 is 4.68 Å². The predicted molar refractivity (Wildman–Crippen MR) is 117 cm³/mol. The first-order valence-corrected chi connectivity index (χ1v) is 9.17. The molecule has 6 nitrogen and oxygen atoms in total. The first-order chi connectivity index (χ1) is 13.4. The monoisotopic (exact) mass is 375 g/mol. The van der Waals surface area contributed by atoms with Crippen LogP contribution in [0.5, 0.6) is 0 Å². The van der Waals surface area contributed by atoms with E-state index in [9.17, 15) is 0 Å². The number of rotatable bonds is 6. The first kappa shape index (κ1) is 19.4. The first-order valence-electron chi connectivity index (χ1n) is 9.17. The SMILES string of the molecule is Cc1n(N=Cc2ccc(N(C)C)cc2)cc[n+]1N=Cc1ccc(N(C)C)cc1. The van der Waals surface area contributed by atoms with Crippen molar-refractivity contribution in [2.75, 3.05) is 38.0 Å². The Bertz CT molecular complexity index is 884. The van der Waals surface area contributed by atoms with Crippen LogP contribution >= 0.6 is 0 Å². The zero-order valence-corrected chi connectivity index (χ0v) is 17.1. The molecule has 1 heterocycles. The van der Waals surface area contributed by atoms with Gasteiger partial charge in [-0.05, 0) is 35.4 Å². The van der Waals surface area contributed by atoms with Gasteiger partial charge in [-0.1, -0.05) is 34.5 Å². The zero-order chi connectivity index (χ0) is 20.1. The molecule has 0 aliphatic rings. The summed E-state index contributed by atoms with van der Waals surface area (Å²) in [4.78, 5) is 4.15. The minimum atomic E-state index is 0.919. The molecule has 3 rings (SSSR count). The molecule has 3 aromatic rings. The second kappa shape index (κ2) is 8.52. The number of hydrogen-bond donors (Lipinski definition) is 0. The van der Waals surface area contributed by atoms with Crippen LogP contribution in [-0.4, -0.2) is 45.3 Å². The van der Waals surface area contributed by atoms with E-state index in [2.05, 4.69) is 68.5 Å². The molecular weight excluding hydrogens is 348 g/mol. The lowest BCUT2D eigenvalue weighted by atomic mass is 10.2. The van der Waals surface area contributed by atoms with E-state index >= 15 is 0 Å². The molecule has 0 bridgehead atoms. The molecule has 0 aliphatic heterocycles. The molecule has 0 aliphatic carbocycles. The number of hydrogen-bond acceptors (Lipinski definition) is 4. The van der Waals surface area contributed by atoms with E-state index in [4.69, 9.17) is 0 Å². The van der Waals surface area contributed by atoms with E-state index in [0.717, 1.165) is 17.0 Å². The Labute approximate surface area is 166 Å². The van der Waals surface area contributed by atoms with Crippen molar-refractivity contribution >= 4 is 23.8 Å². The maximum atomic E-state index is 4.54. The van der Waals surface area contributed by atoms with Gasteiger partial charge in [0.05, 0.1) is 12.4 Å². The van der Waals surface area contributed by atoms with Gasteiger partial charge in [0.25, 0.3) is 0 Å². The van der Waals surface area contributed by atoms with Crippen LogP contribution in [0.4, 0.5) is 11.4 Å². The Hall–Kier alpha value is -3.41. The summed E-state index contributed by atoms with van der Waals surface area (Å²) in [5, 5.41) is 9.07. The normalized spacial score (nSPS) is 11.5. The summed E-state index contributed by atoms with van der Waals surface area (Å²) in [5.74, 6) is 0.919. The number of anilines is 2. The molecular formula is C22H27N6+. The van der Waals surface area contributed by atoms with Crippen molar-refractivity contribution in [3.8, 4) is 0 Å². The predicted octanol–water partition coefficient (Wildman–Crippen LogP) is 2.98. The Balaban J connectivity index is 1.70. The average molecular weight is 376 g/mol. The van der Waals surface area contributed by atoms with Crippen molar-refractivity contribution in [3.05, 3.63) is 77.9 Å². The average Bonchev–Trinajstić information content (AvgIpc) is 3.05. The number of benzene rings is 2. The van der Waals surface area contributed by atoms with Crippen LogP contribution in [0, 0.1) is 6.92 Å². The Morgan fingerprint density at radius 2 is 1.29 bits per heavy atom. The number of aromatic nitrogens is 2. The van der Waals surface area contributed by atoms with Gasteiger partial charge in [-0.25, -0.2) is 0 Å². The molecule has 0 radical (unpaired) electrons. The van der Waals surface area contributed by atoms with Crippen molar-refractivity contribution in [3.63, 3.8) is 0 Å². The van der Waals surface area contributed by atoms with Crippen molar-refractivity contribution in [1.82, 2.24) is 4.68 Å². The molecule has 0 N–H and O–H groups in total. The summed E-state index contributed by atoms with van der Waals surface area (Å²) in [6, 6.07) is 16.5. The highest BCUT2D eigenvalue weighted by Crippen LogP contribution is 2.12. The summed E-state index contributed by atoms with van der Waals surface area (Å²) in [5.41, 5.74) is 4.43. The van der Waals surface area contributed by atoms with Crippen LogP contribution < -0.4 is 14.5 Å². The van der Waals surface area contributed by atoms with Gasteiger partial charge in [-0.3, -0.25) is 0 Å². The van der Waals surface area contributed by atoms with Gasteiger partial charge >= 0.3 is 5.82 Å². The van der Waals surface area contributed by atoms with Crippen molar-refractivity contribution in [2.24, 2.45) is 10.2 Å². The molecule has 1 aromatic heterocycles. The third kappa shape index (κ3) is 4.65. The second-order valence-corrected chi connectivity index (χ2v) is 7.00. The van der Waals surface area contributed by atoms with Crippen LogP contribution in [0.25, 0.3) is 0 Å². The molecule has 0 amide bonds. The molecule has 0 fully saturated rings. The van der Waals surface area contributed by atoms with Crippen molar-refractivity contribution in [1.29, 1.82) is 0 Å². The van der Waals surface area contributed by atoms with Crippen LogP contribution in [0.1, 0.15) is 17.0 Å². The Kier molecular flexibility index (Phi) is 5.89. The van der Waals surface area contributed by atoms with E-state index in [1.165, 1.54) is 11.4 Å². The number of imidazole rings is 1. The summed E-state index contributed by atoms with van der Waals surface area (Å²) in [6.07, 6.45) is 7.49. The minimum absolute atomic E-state index is 0.919. The van der Waals surface area contributed by atoms with E-state index < -0.39 is 0 Å². The lowest BCUT2D eigenvalue weighted by Crippen LogP contribution is -2.29. The van der Waals surface area contributed by atoms with Crippen molar-refractivity contribution in [2.45, 2.75) is 6.92 Å². The topological polar surface area (TPSA) is 40.0 Å². The highest BCUT2D eigenvalue weighted by molar-refractivity contribution is 5.80. The van der Waals surface area contributed by atoms with Gasteiger partial charge in [0.2, 0.25) is 0 Å². The largest absolute Gasteiger partial charge is 0.378 e. The fraction of sp³-hybridized carbons (Fsp3) is 0.227. The van der Waals surface area contributed by atoms with Gasteiger partial charge in [-0.2, -0.15) is 0 Å². The third-order valence-corrected chi connectivity index (χ3v) is 4.49. The summed E-state index contributed by atoms with van der Waals surface area (Å²) < 4.78 is 3.62. The lowest BCUT2D eigenvalue weighted by molar-refractivity contribution is -0.684. The molecule has 0 saturated heterocycles. The summed E-state index contributed by atoms with van der Waals surface area (Å²) in [7, 11) is 8.12. The minimum Gasteiger partial charge on any atom is -0.378 e. The molecule has 0 atom stereocenters.